The van der Waals surface area contributed by atoms with Crippen LogP contribution in [0.2, 0.25) is 0 Å². The molecule has 5 rings (SSSR count). The van der Waals surface area contributed by atoms with Gasteiger partial charge in [0.2, 0.25) is 5.91 Å². The van der Waals surface area contributed by atoms with Crippen LogP contribution in [0.1, 0.15) is 66.1 Å². The van der Waals surface area contributed by atoms with E-state index in [2.05, 4.69) is 55.1 Å². The highest BCUT2D eigenvalue weighted by atomic mass is 16.2. The number of hydrogen-bond donors (Lipinski definition) is 2. The van der Waals surface area contributed by atoms with Gasteiger partial charge in [0, 0.05) is 43.6 Å². The Morgan fingerprint density at radius 1 is 1.08 bits per heavy atom. The fraction of sp³-hybridized carbons (Fsp3) is 0.690. The summed E-state index contributed by atoms with van der Waals surface area (Å²) >= 11 is 0. The molecule has 4 atom stereocenters. The summed E-state index contributed by atoms with van der Waals surface area (Å²) in [6.45, 7) is 15.8. The Bertz CT molecular complexity index is 1080. The zero-order valence-corrected chi connectivity index (χ0v) is 22.8. The number of fused-ring (bicyclic) bond motifs is 5. The van der Waals surface area contributed by atoms with Crippen molar-refractivity contribution in [1.29, 1.82) is 0 Å². The highest BCUT2D eigenvalue weighted by molar-refractivity contribution is 5.92. The lowest BCUT2D eigenvalue weighted by Crippen LogP contribution is -2.59. The number of carbonyl (C=O) groups is 1. The van der Waals surface area contributed by atoms with E-state index in [1.807, 2.05) is 24.3 Å². The molecule has 0 spiro atoms. The first kappa shape index (κ1) is 25.4. The van der Waals surface area contributed by atoms with Gasteiger partial charge in [-0.25, -0.2) is 9.97 Å². The first-order valence-corrected chi connectivity index (χ1v) is 14.0. The number of nitrogens with zero attached hydrogens (tertiary/aromatic N) is 4. The van der Waals surface area contributed by atoms with E-state index in [1.54, 1.807) is 0 Å². The van der Waals surface area contributed by atoms with E-state index in [1.165, 1.54) is 25.7 Å². The molecular formula is C29H44N6O. The van der Waals surface area contributed by atoms with Crippen LogP contribution in [-0.2, 0) is 11.3 Å². The number of rotatable bonds is 4. The number of carbonyl (C=O) groups excluding carboxylic acids is 1. The molecule has 2 fully saturated rings. The number of aromatic nitrogens is 2. The zero-order chi connectivity index (χ0) is 25.4. The van der Waals surface area contributed by atoms with Gasteiger partial charge in [0.25, 0.3) is 0 Å². The molecule has 3 aliphatic rings. The van der Waals surface area contributed by atoms with Crippen LogP contribution in [0, 0.1) is 17.3 Å². The summed E-state index contributed by atoms with van der Waals surface area (Å²) in [5.41, 5.74) is 1.35. The van der Waals surface area contributed by atoms with E-state index in [0.29, 0.717) is 24.5 Å². The van der Waals surface area contributed by atoms with E-state index in [0.717, 1.165) is 48.1 Å². The number of anilines is 1. The minimum absolute atomic E-state index is 0.0545. The molecule has 2 bridgehead atoms. The maximum Gasteiger partial charge on any atom is 0.242 e. The quantitative estimate of drug-likeness (QED) is 0.664. The summed E-state index contributed by atoms with van der Waals surface area (Å²) in [6.07, 6.45) is 5.17. The Kier molecular flexibility index (Phi) is 7.23. The monoisotopic (exact) mass is 492 g/mol. The van der Waals surface area contributed by atoms with Crippen molar-refractivity contribution < 1.29 is 4.79 Å². The van der Waals surface area contributed by atoms with Crippen molar-refractivity contribution in [3.8, 4) is 0 Å². The van der Waals surface area contributed by atoms with Gasteiger partial charge in [-0.2, -0.15) is 0 Å². The average molecular weight is 493 g/mol. The molecule has 0 radical (unpaired) electrons. The minimum Gasteiger partial charge on any atom is -0.358 e. The molecule has 1 amide bonds. The molecule has 1 saturated heterocycles. The van der Waals surface area contributed by atoms with Crippen LogP contribution in [0.4, 0.5) is 5.82 Å². The van der Waals surface area contributed by atoms with Gasteiger partial charge in [0.15, 0.2) is 0 Å². The summed E-state index contributed by atoms with van der Waals surface area (Å²) < 4.78 is 0. The number of hydrogen-bond acceptors (Lipinski definition) is 6. The van der Waals surface area contributed by atoms with Gasteiger partial charge in [-0.15, -0.1) is 0 Å². The van der Waals surface area contributed by atoms with Gasteiger partial charge >= 0.3 is 0 Å². The Morgan fingerprint density at radius 2 is 1.86 bits per heavy atom. The van der Waals surface area contributed by atoms with Crippen molar-refractivity contribution in [3.05, 3.63) is 30.1 Å². The van der Waals surface area contributed by atoms with Gasteiger partial charge in [0.05, 0.1) is 12.1 Å². The van der Waals surface area contributed by atoms with E-state index >= 15 is 0 Å². The Labute approximate surface area is 216 Å². The highest BCUT2D eigenvalue weighted by Crippen LogP contribution is 2.43. The lowest BCUT2D eigenvalue weighted by Gasteiger charge is -2.44. The summed E-state index contributed by atoms with van der Waals surface area (Å²) in [7, 11) is 0. The Hall–Kier alpha value is -2.25. The van der Waals surface area contributed by atoms with Crippen LogP contribution in [-0.4, -0.2) is 70.0 Å². The second kappa shape index (κ2) is 10.3. The van der Waals surface area contributed by atoms with Crippen LogP contribution >= 0.6 is 0 Å². The maximum atomic E-state index is 13.4. The van der Waals surface area contributed by atoms with E-state index in [-0.39, 0.29) is 23.9 Å². The Morgan fingerprint density at radius 3 is 2.64 bits per heavy atom. The summed E-state index contributed by atoms with van der Waals surface area (Å²) in [5.74, 6) is 2.59. The predicted molar refractivity (Wildman–Crippen MR) is 146 cm³/mol. The third kappa shape index (κ3) is 5.10. The topological polar surface area (TPSA) is 73.4 Å². The minimum atomic E-state index is -0.339. The van der Waals surface area contributed by atoms with Gasteiger partial charge in [0.1, 0.15) is 17.7 Å². The molecule has 7 heteroatoms. The first-order chi connectivity index (χ1) is 17.2. The van der Waals surface area contributed by atoms with Crippen LogP contribution in [0.3, 0.4) is 0 Å². The highest BCUT2D eigenvalue weighted by Gasteiger charge is 2.40. The SMILES string of the molecule is CCC(C)(C)C1CCC(N2CCN3Cc4nc(c5ccccc5n4)N[C@@H](C(C)C)C(=O)NCC3C2)C1. The van der Waals surface area contributed by atoms with Crippen molar-refractivity contribution in [1.82, 2.24) is 25.1 Å². The van der Waals surface area contributed by atoms with Gasteiger partial charge < -0.3 is 10.6 Å². The van der Waals surface area contributed by atoms with Gasteiger partial charge in [-0.05, 0) is 48.6 Å². The molecule has 36 heavy (non-hydrogen) atoms. The summed E-state index contributed by atoms with van der Waals surface area (Å²) in [5, 5.41) is 7.74. The van der Waals surface area contributed by atoms with E-state index in [4.69, 9.17) is 9.97 Å². The average Bonchev–Trinajstić information content (AvgIpc) is 3.36. The molecule has 2 aromatic rings. The number of nitrogens with one attached hydrogen (secondary N) is 2. The molecule has 1 aliphatic carbocycles. The van der Waals surface area contributed by atoms with Crippen molar-refractivity contribution in [3.63, 3.8) is 0 Å². The van der Waals surface area contributed by atoms with Crippen LogP contribution < -0.4 is 10.6 Å². The standard InChI is InChI=1S/C29H44N6O/c1-6-29(4,5)20-11-12-21(15-20)34-13-14-35-18-25-31-24-10-8-7-9-23(24)27(32-25)33-26(19(2)3)28(36)30-16-22(35)17-34/h7-10,19-22,26H,6,11-18H2,1-5H3,(H,30,36)(H,31,32,33)/t20?,21?,22?,26-/m0/s1. The fourth-order valence-electron chi connectivity index (χ4n) is 6.44. The molecule has 7 nitrogen and oxygen atoms in total. The largest absolute Gasteiger partial charge is 0.358 e. The molecule has 1 aromatic heterocycles. The molecule has 3 unspecified atom stereocenters. The molecule has 2 N–H and O–H groups in total. The van der Waals surface area contributed by atoms with Crippen molar-refractivity contribution >= 4 is 22.6 Å². The molecular weight excluding hydrogens is 448 g/mol. The third-order valence-corrected chi connectivity index (χ3v) is 9.32. The lowest BCUT2D eigenvalue weighted by molar-refractivity contribution is -0.123. The summed E-state index contributed by atoms with van der Waals surface area (Å²) in [6, 6.07) is 8.67. The molecule has 1 saturated carbocycles. The van der Waals surface area contributed by atoms with E-state index < -0.39 is 0 Å². The zero-order valence-electron chi connectivity index (χ0n) is 22.8. The van der Waals surface area contributed by atoms with Crippen molar-refractivity contribution in [2.24, 2.45) is 17.3 Å². The Balaban J connectivity index is 1.40. The van der Waals surface area contributed by atoms with Gasteiger partial charge in [-0.1, -0.05) is 53.2 Å². The predicted octanol–water partition coefficient (Wildman–Crippen LogP) is 4.29. The number of para-hydroxylation sites is 1. The second-order valence-electron chi connectivity index (χ2n) is 12.2. The first-order valence-electron chi connectivity index (χ1n) is 14.0. The van der Waals surface area contributed by atoms with Crippen LogP contribution in [0.25, 0.3) is 10.9 Å². The third-order valence-electron chi connectivity index (χ3n) is 9.32. The van der Waals surface area contributed by atoms with Crippen molar-refractivity contribution in [2.75, 3.05) is 31.5 Å². The molecule has 2 aliphatic heterocycles. The van der Waals surface area contributed by atoms with Gasteiger partial charge in [-0.3, -0.25) is 14.6 Å². The van der Waals surface area contributed by atoms with E-state index in [9.17, 15) is 4.79 Å². The van der Waals surface area contributed by atoms with Crippen molar-refractivity contribution in [2.45, 2.75) is 85.0 Å². The number of piperazine rings is 1. The number of benzene rings is 1. The molecule has 1 aromatic carbocycles. The fourth-order valence-corrected chi connectivity index (χ4v) is 6.44. The smallest absolute Gasteiger partial charge is 0.242 e. The normalized spacial score (nSPS) is 28.4. The molecule has 196 valence electrons. The summed E-state index contributed by atoms with van der Waals surface area (Å²) in [4.78, 5) is 28.4. The van der Waals surface area contributed by atoms with Crippen LogP contribution in [0.15, 0.2) is 24.3 Å². The van der Waals surface area contributed by atoms with Crippen LogP contribution in [0.5, 0.6) is 0 Å². The lowest BCUT2D eigenvalue weighted by atomic mass is 9.76. The number of amides is 1. The molecule has 3 heterocycles. The maximum absolute atomic E-state index is 13.4. The second-order valence-corrected chi connectivity index (χ2v) is 12.2.